The van der Waals surface area contributed by atoms with E-state index >= 15 is 0 Å². The minimum absolute atomic E-state index is 0.0243. The highest BCUT2D eigenvalue weighted by Crippen LogP contribution is 2.19. The third-order valence-electron chi connectivity index (χ3n) is 2.60. The first kappa shape index (κ1) is 11.9. The molecule has 0 unspecified atom stereocenters. The maximum absolute atomic E-state index is 11.7. The standard InChI is InChI=1S/C8H19N3O2S/c1-6(2)11(3)14(12,13)10-8-4-7(9)5-8/h6-8,10H,4-5,9H2,1-3H3. The summed E-state index contributed by atoms with van der Waals surface area (Å²) in [5.41, 5.74) is 5.58. The molecule has 0 aromatic heterocycles. The SMILES string of the molecule is CC(C)N(C)S(=O)(=O)NC1CC(N)C1. The Hall–Kier alpha value is -0.170. The minimum atomic E-state index is -3.32. The Morgan fingerprint density at radius 2 is 1.93 bits per heavy atom. The molecule has 1 rings (SSSR count). The van der Waals surface area contributed by atoms with Gasteiger partial charge in [0.05, 0.1) is 0 Å². The second kappa shape index (κ2) is 4.14. The molecule has 0 amide bonds. The van der Waals surface area contributed by atoms with Gasteiger partial charge in [-0.15, -0.1) is 0 Å². The topological polar surface area (TPSA) is 75.4 Å². The van der Waals surface area contributed by atoms with Crippen molar-refractivity contribution in [1.29, 1.82) is 0 Å². The van der Waals surface area contributed by atoms with Crippen molar-refractivity contribution >= 4 is 10.2 Å². The van der Waals surface area contributed by atoms with E-state index in [9.17, 15) is 8.42 Å². The molecule has 0 atom stereocenters. The van der Waals surface area contributed by atoms with Gasteiger partial charge in [-0.2, -0.15) is 17.4 Å². The van der Waals surface area contributed by atoms with Gasteiger partial charge in [-0.05, 0) is 26.7 Å². The molecule has 0 aromatic rings. The van der Waals surface area contributed by atoms with Crippen LogP contribution in [0.1, 0.15) is 26.7 Å². The Bertz CT molecular complexity index is 283. The van der Waals surface area contributed by atoms with Crippen LogP contribution < -0.4 is 10.5 Å². The highest BCUT2D eigenvalue weighted by atomic mass is 32.2. The maximum atomic E-state index is 11.7. The molecule has 0 aliphatic heterocycles. The number of hydrogen-bond acceptors (Lipinski definition) is 3. The van der Waals surface area contributed by atoms with E-state index in [4.69, 9.17) is 5.73 Å². The summed E-state index contributed by atoms with van der Waals surface area (Å²) in [7, 11) is -1.74. The second-order valence-electron chi connectivity index (χ2n) is 4.16. The number of rotatable bonds is 4. The summed E-state index contributed by atoms with van der Waals surface area (Å²) in [6, 6.07) is 0.157. The highest BCUT2D eigenvalue weighted by molar-refractivity contribution is 7.87. The molecule has 0 aromatic carbocycles. The zero-order chi connectivity index (χ0) is 10.9. The van der Waals surface area contributed by atoms with Gasteiger partial charge >= 0.3 is 0 Å². The Labute approximate surface area is 85.8 Å². The van der Waals surface area contributed by atoms with Crippen LogP contribution in [0.2, 0.25) is 0 Å². The molecule has 0 heterocycles. The Balaban J connectivity index is 2.50. The summed E-state index contributed by atoms with van der Waals surface area (Å²) >= 11 is 0. The van der Waals surface area contributed by atoms with Crippen LogP contribution in [0.4, 0.5) is 0 Å². The van der Waals surface area contributed by atoms with Gasteiger partial charge in [-0.1, -0.05) is 0 Å². The summed E-state index contributed by atoms with van der Waals surface area (Å²) in [6.07, 6.45) is 1.48. The van der Waals surface area contributed by atoms with Crippen LogP contribution in [0.25, 0.3) is 0 Å². The summed E-state index contributed by atoms with van der Waals surface area (Å²) in [5, 5.41) is 0. The molecule has 1 fully saturated rings. The van der Waals surface area contributed by atoms with Gasteiger partial charge in [0.1, 0.15) is 0 Å². The molecular weight excluding hydrogens is 202 g/mol. The number of nitrogens with two attached hydrogens (primary N) is 1. The van der Waals surface area contributed by atoms with Gasteiger partial charge in [0.2, 0.25) is 0 Å². The summed E-state index contributed by atoms with van der Waals surface area (Å²) in [4.78, 5) is 0. The molecule has 0 bridgehead atoms. The zero-order valence-electron chi connectivity index (χ0n) is 8.90. The van der Waals surface area contributed by atoms with Gasteiger partial charge in [0.15, 0.2) is 0 Å². The van der Waals surface area contributed by atoms with Crippen molar-refractivity contribution in [1.82, 2.24) is 9.03 Å². The lowest BCUT2D eigenvalue weighted by atomic mass is 9.89. The molecular formula is C8H19N3O2S. The summed E-state index contributed by atoms with van der Waals surface area (Å²) in [6.45, 7) is 3.68. The fourth-order valence-corrected chi connectivity index (χ4v) is 2.66. The molecule has 0 radical (unpaired) electrons. The molecule has 14 heavy (non-hydrogen) atoms. The van der Waals surface area contributed by atoms with Crippen molar-refractivity contribution in [2.45, 2.75) is 44.8 Å². The van der Waals surface area contributed by atoms with Gasteiger partial charge in [0, 0.05) is 25.2 Å². The third kappa shape index (κ3) is 2.66. The zero-order valence-corrected chi connectivity index (χ0v) is 9.71. The van der Waals surface area contributed by atoms with E-state index in [0.29, 0.717) is 0 Å². The molecule has 1 aliphatic carbocycles. The molecule has 1 aliphatic rings. The first-order valence-electron chi connectivity index (χ1n) is 4.84. The molecule has 5 nitrogen and oxygen atoms in total. The lowest BCUT2D eigenvalue weighted by molar-refractivity contribution is 0.313. The first-order valence-corrected chi connectivity index (χ1v) is 6.28. The van der Waals surface area contributed by atoms with E-state index in [1.807, 2.05) is 13.8 Å². The van der Waals surface area contributed by atoms with E-state index in [2.05, 4.69) is 4.72 Å². The van der Waals surface area contributed by atoms with E-state index in [1.54, 1.807) is 7.05 Å². The Kier molecular flexibility index (Phi) is 3.52. The minimum Gasteiger partial charge on any atom is -0.328 e. The monoisotopic (exact) mass is 221 g/mol. The van der Waals surface area contributed by atoms with Gasteiger partial charge < -0.3 is 5.73 Å². The van der Waals surface area contributed by atoms with Crippen LogP contribution >= 0.6 is 0 Å². The van der Waals surface area contributed by atoms with Crippen LogP contribution in [0, 0.1) is 0 Å². The van der Waals surface area contributed by atoms with Crippen molar-refractivity contribution in [2.75, 3.05) is 7.05 Å². The van der Waals surface area contributed by atoms with E-state index < -0.39 is 10.2 Å². The molecule has 6 heteroatoms. The largest absolute Gasteiger partial charge is 0.328 e. The smallest absolute Gasteiger partial charge is 0.279 e. The van der Waals surface area contributed by atoms with Crippen LogP contribution in [-0.4, -0.2) is 37.9 Å². The third-order valence-corrected chi connectivity index (χ3v) is 4.41. The predicted molar refractivity (Wildman–Crippen MR) is 56.0 cm³/mol. The van der Waals surface area contributed by atoms with Gasteiger partial charge in [-0.25, -0.2) is 0 Å². The molecule has 84 valence electrons. The summed E-state index contributed by atoms with van der Waals surface area (Å²) in [5.74, 6) is 0. The van der Waals surface area contributed by atoms with Crippen molar-refractivity contribution in [3.05, 3.63) is 0 Å². The van der Waals surface area contributed by atoms with Crippen LogP contribution in [-0.2, 0) is 10.2 Å². The molecule has 0 spiro atoms. The van der Waals surface area contributed by atoms with Crippen molar-refractivity contribution in [3.63, 3.8) is 0 Å². The van der Waals surface area contributed by atoms with Crippen molar-refractivity contribution in [2.24, 2.45) is 5.73 Å². The van der Waals surface area contributed by atoms with Crippen molar-refractivity contribution < 1.29 is 8.42 Å². The second-order valence-corrected chi connectivity index (χ2v) is 5.92. The quantitative estimate of drug-likeness (QED) is 0.681. The lowest BCUT2D eigenvalue weighted by Crippen LogP contribution is -2.54. The number of hydrogen-bond donors (Lipinski definition) is 2. The predicted octanol–water partition coefficient (Wildman–Crippen LogP) is -0.349. The van der Waals surface area contributed by atoms with E-state index in [1.165, 1.54) is 4.31 Å². The molecule has 0 saturated heterocycles. The lowest BCUT2D eigenvalue weighted by Gasteiger charge is -2.34. The van der Waals surface area contributed by atoms with Crippen molar-refractivity contribution in [3.8, 4) is 0 Å². The Morgan fingerprint density at radius 1 is 1.43 bits per heavy atom. The first-order chi connectivity index (χ1) is 6.33. The average molecular weight is 221 g/mol. The fraction of sp³-hybridized carbons (Fsp3) is 1.00. The van der Waals surface area contributed by atoms with Crippen LogP contribution in [0.5, 0.6) is 0 Å². The van der Waals surface area contributed by atoms with Gasteiger partial charge in [0.25, 0.3) is 10.2 Å². The van der Waals surface area contributed by atoms with Crippen LogP contribution in [0.15, 0.2) is 0 Å². The Morgan fingerprint density at radius 3 is 2.29 bits per heavy atom. The number of nitrogens with zero attached hydrogens (tertiary/aromatic N) is 1. The normalized spacial score (nSPS) is 28.1. The molecule has 3 N–H and O–H groups in total. The van der Waals surface area contributed by atoms with Crippen LogP contribution in [0.3, 0.4) is 0 Å². The van der Waals surface area contributed by atoms with E-state index in [0.717, 1.165) is 12.8 Å². The fourth-order valence-electron chi connectivity index (χ4n) is 1.33. The average Bonchev–Trinajstić information content (AvgIpc) is 1.99. The maximum Gasteiger partial charge on any atom is 0.279 e. The molecule has 1 saturated carbocycles. The summed E-state index contributed by atoms with van der Waals surface area (Å²) < 4.78 is 27.3. The van der Waals surface area contributed by atoms with E-state index in [-0.39, 0.29) is 18.1 Å². The number of nitrogens with one attached hydrogen (secondary N) is 1. The highest BCUT2D eigenvalue weighted by Gasteiger charge is 2.31. The van der Waals surface area contributed by atoms with Gasteiger partial charge in [-0.3, -0.25) is 0 Å².